The zero-order valence-electron chi connectivity index (χ0n) is 14.0. The summed E-state index contributed by atoms with van der Waals surface area (Å²) in [5.74, 6) is 1.38. The number of hydrogen-bond donors (Lipinski definition) is 1. The van der Waals surface area contributed by atoms with Crippen molar-refractivity contribution in [3.63, 3.8) is 0 Å². The zero-order valence-corrected chi connectivity index (χ0v) is 14.8. The summed E-state index contributed by atoms with van der Waals surface area (Å²) in [4.78, 5) is 20.9. The van der Waals surface area contributed by atoms with Crippen LogP contribution in [0.5, 0.6) is 0 Å². The number of para-hydroxylation sites is 1. The van der Waals surface area contributed by atoms with E-state index in [0.29, 0.717) is 16.7 Å². The number of carbonyl (C=O) groups excluding carboxylic acids is 1. The van der Waals surface area contributed by atoms with Gasteiger partial charge in [0.2, 0.25) is 17.6 Å². The number of nitrogens with one attached hydrogen (secondary N) is 1. The topological polar surface area (TPSA) is 80.9 Å². The summed E-state index contributed by atoms with van der Waals surface area (Å²) in [5.41, 5.74) is 1.53. The summed E-state index contributed by atoms with van der Waals surface area (Å²) in [6.45, 7) is 3.98. The fourth-order valence-electron chi connectivity index (χ4n) is 2.11. The van der Waals surface area contributed by atoms with Gasteiger partial charge in [-0.3, -0.25) is 4.79 Å². The number of anilines is 1. The zero-order chi connectivity index (χ0) is 17.6. The van der Waals surface area contributed by atoms with Crippen molar-refractivity contribution in [2.45, 2.75) is 24.8 Å². The highest BCUT2D eigenvalue weighted by molar-refractivity contribution is 8.00. The van der Waals surface area contributed by atoms with Crippen LogP contribution in [0.2, 0.25) is 0 Å². The molecule has 128 valence electrons. The van der Waals surface area contributed by atoms with E-state index in [0.717, 1.165) is 11.3 Å². The molecule has 3 aromatic rings. The second kappa shape index (κ2) is 7.94. The Morgan fingerprint density at radius 3 is 2.72 bits per heavy atom. The molecule has 0 aliphatic heterocycles. The summed E-state index contributed by atoms with van der Waals surface area (Å²) >= 11 is 1.34. The number of hydrogen-bond acceptors (Lipinski definition) is 6. The first-order valence-electron chi connectivity index (χ1n) is 7.90. The van der Waals surface area contributed by atoms with Crippen LogP contribution in [0.3, 0.4) is 0 Å². The highest BCUT2D eigenvalue weighted by Gasteiger charge is 2.16. The van der Waals surface area contributed by atoms with Gasteiger partial charge in [-0.2, -0.15) is 4.98 Å². The van der Waals surface area contributed by atoms with Crippen molar-refractivity contribution in [1.29, 1.82) is 0 Å². The molecular formula is C18H18N4O2S. The van der Waals surface area contributed by atoms with E-state index < -0.39 is 0 Å². The van der Waals surface area contributed by atoms with E-state index in [-0.39, 0.29) is 17.6 Å². The molecule has 0 spiro atoms. The standard InChI is InChI=1S/C18H18N4O2S/c1-12(2)17-21-16(22-24-17)14-9-6-10-19-18(14)25-11-15(23)20-13-7-4-3-5-8-13/h3-10,12H,11H2,1-2H3,(H,20,23). The Hall–Kier alpha value is -2.67. The molecule has 2 aromatic heterocycles. The quantitative estimate of drug-likeness (QED) is 0.674. The van der Waals surface area contributed by atoms with Gasteiger partial charge in [0.1, 0.15) is 5.03 Å². The number of amides is 1. The fourth-order valence-corrected chi connectivity index (χ4v) is 2.90. The van der Waals surface area contributed by atoms with Crippen LogP contribution in [0.15, 0.2) is 58.2 Å². The maximum absolute atomic E-state index is 12.1. The first-order chi connectivity index (χ1) is 12.1. The molecule has 0 bridgehead atoms. The van der Waals surface area contributed by atoms with E-state index in [2.05, 4.69) is 20.4 Å². The normalized spacial score (nSPS) is 10.8. The smallest absolute Gasteiger partial charge is 0.234 e. The minimum Gasteiger partial charge on any atom is -0.339 e. The third-order valence-electron chi connectivity index (χ3n) is 3.35. The lowest BCUT2D eigenvalue weighted by Gasteiger charge is -2.06. The lowest BCUT2D eigenvalue weighted by molar-refractivity contribution is -0.113. The van der Waals surface area contributed by atoms with Gasteiger partial charge < -0.3 is 9.84 Å². The number of aromatic nitrogens is 3. The van der Waals surface area contributed by atoms with Crippen molar-refractivity contribution in [3.05, 3.63) is 54.6 Å². The molecule has 25 heavy (non-hydrogen) atoms. The number of rotatable bonds is 6. The minimum atomic E-state index is -0.0937. The molecule has 2 heterocycles. The van der Waals surface area contributed by atoms with Crippen molar-refractivity contribution >= 4 is 23.4 Å². The Morgan fingerprint density at radius 2 is 2.00 bits per heavy atom. The van der Waals surface area contributed by atoms with Crippen LogP contribution >= 0.6 is 11.8 Å². The summed E-state index contributed by atoms with van der Waals surface area (Å²) in [6, 6.07) is 13.0. The fraction of sp³-hybridized carbons (Fsp3) is 0.222. The Labute approximate surface area is 150 Å². The molecule has 1 aromatic carbocycles. The molecule has 0 fully saturated rings. The lowest BCUT2D eigenvalue weighted by atomic mass is 10.2. The van der Waals surface area contributed by atoms with Crippen LogP contribution in [-0.4, -0.2) is 26.8 Å². The number of pyridine rings is 1. The van der Waals surface area contributed by atoms with E-state index in [1.807, 2.05) is 56.3 Å². The number of benzene rings is 1. The molecule has 0 saturated carbocycles. The molecule has 1 N–H and O–H groups in total. The SMILES string of the molecule is CC(C)c1nc(-c2cccnc2SCC(=O)Nc2ccccc2)no1. The summed E-state index contributed by atoms with van der Waals surface area (Å²) < 4.78 is 5.26. The van der Waals surface area contributed by atoms with Crippen molar-refractivity contribution in [2.75, 3.05) is 11.1 Å². The highest BCUT2D eigenvalue weighted by Crippen LogP contribution is 2.28. The van der Waals surface area contributed by atoms with Crippen molar-refractivity contribution in [1.82, 2.24) is 15.1 Å². The molecule has 0 aliphatic carbocycles. The Balaban J connectivity index is 1.69. The van der Waals surface area contributed by atoms with Crippen LogP contribution < -0.4 is 5.32 Å². The van der Waals surface area contributed by atoms with Crippen molar-refractivity contribution < 1.29 is 9.32 Å². The predicted octanol–water partition coefficient (Wildman–Crippen LogP) is 3.99. The summed E-state index contributed by atoms with van der Waals surface area (Å²) in [5, 5.41) is 7.57. The van der Waals surface area contributed by atoms with Crippen LogP contribution in [0.4, 0.5) is 5.69 Å². The van der Waals surface area contributed by atoms with Crippen LogP contribution in [-0.2, 0) is 4.79 Å². The Bertz CT molecular complexity index is 849. The van der Waals surface area contributed by atoms with Crippen LogP contribution in [0, 0.1) is 0 Å². The number of thioether (sulfide) groups is 1. The van der Waals surface area contributed by atoms with Gasteiger partial charge in [0.05, 0.1) is 11.3 Å². The molecular weight excluding hydrogens is 336 g/mol. The monoisotopic (exact) mass is 354 g/mol. The van der Waals surface area contributed by atoms with E-state index in [4.69, 9.17) is 4.52 Å². The van der Waals surface area contributed by atoms with E-state index in [1.165, 1.54) is 11.8 Å². The molecule has 0 radical (unpaired) electrons. The largest absolute Gasteiger partial charge is 0.339 e. The molecule has 1 amide bonds. The third-order valence-corrected chi connectivity index (χ3v) is 4.35. The molecule has 3 rings (SSSR count). The molecule has 0 unspecified atom stereocenters. The molecule has 0 atom stereocenters. The third kappa shape index (κ3) is 4.45. The maximum Gasteiger partial charge on any atom is 0.234 e. The van der Waals surface area contributed by atoms with E-state index >= 15 is 0 Å². The van der Waals surface area contributed by atoms with Gasteiger partial charge in [0, 0.05) is 17.8 Å². The van der Waals surface area contributed by atoms with Gasteiger partial charge in [-0.1, -0.05) is 49.0 Å². The first kappa shape index (κ1) is 17.2. The molecule has 0 aliphatic rings. The lowest BCUT2D eigenvalue weighted by Crippen LogP contribution is -2.14. The van der Waals surface area contributed by atoms with Gasteiger partial charge in [-0.05, 0) is 24.3 Å². The first-order valence-corrected chi connectivity index (χ1v) is 8.88. The van der Waals surface area contributed by atoms with E-state index in [9.17, 15) is 4.79 Å². The molecule has 0 saturated heterocycles. The number of nitrogens with zero attached hydrogens (tertiary/aromatic N) is 3. The van der Waals surface area contributed by atoms with E-state index in [1.54, 1.807) is 6.20 Å². The second-order valence-corrected chi connectivity index (χ2v) is 6.63. The Kier molecular flexibility index (Phi) is 5.45. The van der Waals surface area contributed by atoms with Gasteiger partial charge in [-0.15, -0.1) is 0 Å². The second-order valence-electron chi connectivity index (χ2n) is 5.67. The van der Waals surface area contributed by atoms with Crippen LogP contribution in [0.1, 0.15) is 25.7 Å². The molecule has 7 heteroatoms. The van der Waals surface area contributed by atoms with Gasteiger partial charge in [-0.25, -0.2) is 4.98 Å². The average Bonchev–Trinajstić information content (AvgIpc) is 3.11. The molecule has 6 nitrogen and oxygen atoms in total. The van der Waals surface area contributed by atoms with Crippen molar-refractivity contribution in [3.8, 4) is 11.4 Å². The van der Waals surface area contributed by atoms with Gasteiger partial charge in [0.15, 0.2) is 0 Å². The summed E-state index contributed by atoms with van der Waals surface area (Å²) in [6.07, 6.45) is 1.68. The highest BCUT2D eigenvalue weighted by atomic mass is 32.2. The minimum absolute atomic E-state index is 0.0937. The number of carbonyl (C=O) groups is 1. The predicted molar refractivity (Wildman–Crippen MR) is 97.4 cm³/mol. The van der Waals surface area contributed by atoms with Crippen molar-refractivity contribution in [2.24, 2.45) is 0 Å². The Morgan fingerprint density at radius 1 is 1.20 bits per heavy atom. The maximum atomic E-state index is 12.1. The van der Waals surface area contributed by atoms with Crippen LogP contribution in [0.25, 0.3) is 11.4 Å². The average molecular weight is 354 g/mol. The van der Waals surface area contributed by atoms with Gasteiger partial charge in [0.25, 0.3) is 0 Å². The van der Waals surface area contributed by atoms with Gasteiger partial charge >= 0.3 is 0 Å². The summed E-state index contributed by atoms with van der Waals surface area (Å²) in [7, 11) is 0.